The number of carbonyl (C=O) groups excluding carboxylic acids is 3. The van der Waals surface area contributed by atoms with Crippen LogP contribution in [0.2, 0.25) is 0 Å². The lowest BCUT2D eigenvalue weighted by atomic mass is 9.92. The Kier molecular flexibility index (Phi) is 7.14. The standard InChI is InChI=1S/C26H27N7O8S/c1-12-8-18(30-40-12)32-7-6-13(23(32)35)9-17-21(25(37)38)33-16(10-39-17)20(24(33)36)29-22(34)19(15-11-42-26(27)28-15)31-41-14-4-2-3-5-14/h8-9,11,14,16,20H,2-7,10H2,1H3,(H2,27,28)(H,29,34)(H,37,38)/t16-,20+/m1/s1. The SMILES string of the molecule is Cc1cc(N2CCC(=CC3=C(C(=O)O)N4C(=O)[C@@H](NC(=O)C(=NOC5CCCC5)c5csc(N)n5)[C@H]4CO3)C2=O)no1. The van der Waals surface area contributed by atoms with Gasteiger partial charge in [-0.05, 0) is 45.1 Å². The summed E-state index contributed by atoms with van der Waals surface area (Å²) in [4.78, 5) is 63.9. The summed E-state index contributed by atoms with van der Waals surface area (Å²) >= 11 is 1.13. The van der Waals surface area contributed by atoms with Crippen molar-refractivity contribution in [3.63, 3.8) is 0 Å². The molecule has 220 valence electrons. The lowest BCUT2D eigenvalue weighted by Gasteiger charge is -2.49. The van der Waals surface area contributed by atoms with Crippen molar-refractivity contribution in [1.82, 2.24) is 20.4 Å². The van der Waals surface area contributed by atoms with Crippen LogP contribution in [0.4, 0.5) is 10.9 Å². The highest BCUT2D eigenvalue weighted by atomic mass is 32.1. The maximum Gasteiger partial charge on any atom is 0.356 e. The predicted octanol–water partition coefficient (Wildman–Crippen LogP) is 1.07. The number of thiazole rings is 1. The molecule has 16 heteroatoms. The van der Waals surface area contributed by atoms with E-state index < -0.39 is 35.6 Å². The molecule has 5 heterocycles. The minimum absolute atomic E-state index is 0.109. The first-order chi connectivity index (χ1) is 20.2. The topological polar surface area (TPSA) is 203 Å². The summed E-state index contributed by atoms with van der Waals surface area (Å²) < 4.78 is 10.8. The second-order valence-electron chi connectivity index (χ2n) is 10.3. The van der Waals surface area contributed by atoms with Crippen molar-refractivity contribution in [3.8, 4) is 0 Å². The fraction of sp³-hybridized carbons (Fsp3) is 0.423. The van der Waals surface area contributed by atoms with Crippen molar-refractivity contribution < 1.29 is 38.4 Å². The number of oxime groups is 1. The number of fused-ring (bicyclic) bond motifs is 1. The number of ether oxygens (including phenoxy) is 1. The summed E-state index contributed by atoms with van der Waals surface area (Å²) in [6.45, 7) is 1.92. The molecule has 3 aliphatic heterocycles. The zero-order chi connectivity index (χ0) is 29.5. The second kappa shape index (κ2) is 10.9. The minimum atomic E-state index is -1.41. The third-order valence-electron chi connectivity index (χ3n) is 7.49. The first-order valence-electron chi connectivity index (χ1n) is 13.4. The van der Waals surface area contributed by atoms with E-state index in [2.05, 4.69) is 20.6 Å². The van der Waals surface area contributed by atoms with Gasteiger partial charge in [0.05, 0.1) is 0 Å². The number of aromatic nitrogens is 2. The Balaban J connectivity index is 1.20. The zero-order valence-electron chi connectivity index (χ0n) is 22.4. The Hall–Kier alpha value is -4.73. The van der Waals surface area contributed by atoms with Crippen LogP contribution in [-0.4, -0.2) is 80.9 Å². The average Bonchev–Trinajstić information content (AvgIpc) is 3.78. The molecule has 0 radical (unpaired) electrons. The Morgan fingerprint density at radius 3 is 2.76 bits per heavy atom. The maximum atomic E-state index is 13.3. The van der Waals surface area contributed by atoms with Gasteiger partial charge < -0.3 is 30.3 Å². The molecule has 0 aromatic carbocycles. The molecule has 3 fully saturated rings. The molecule has 2 aromatic rings. The van der Waals surface area contributed by atoms with Crippen LogP contribution in [0.1, 0.15) is 43.6 Å². The Morgan fingerprint density at radius 2 is 2.10 bits per heavy atom. The number of nitrogens with two attached hydrogens (primary N) is 1. The molecule has 4 N–H and O–H groups in total. The van der Waals surface area contributed by atoms with Gasteiger partial charge in [-0.25, -0.2) is 9.78 Å². The van der Waals surface area contributed by atoms with Crippen molar-refractivity contribution in [1.29, 1.82) is 0 Å². The van der Waals surface area contributed by atoms with E-state index in [1.54, 1.807) is 18.4 Å². The van der Waals surface area contributed by atoms with E-state index in [4.69, 9.17) is 19.8 Å². The highest BCUT2D eigenvalue weighted by Crippen LogP contribution is 2.35. The van der Waals surface area contributed by atoms with Gasteiger partial charge in [0, 0.05) is 23.6 Å². The minimum Gasteiger partial charge on any atom is -0.489 e. The molecule has 1 aliphatic carbocycles. The number of rotatable bonds is 8. The van der Waals surface area contributed by atoms with Gasteiger partial charge in [0.1, 0.15) is 36.2 Å². The van der Waals surface area contributed by atoms with E-state index in [1.807, 2.05) is 0 Å². The van der Waals surface area contributed by atoms with Gasteiger partial charge in [-0.15, -0.1) is 11.3 Å². The van der Waals surface area contributed by atoms with E-state index in [0.29, 0.717) is 30.1 Å². The Labute approximate surface area is 242 Å². The van der Waals surface area contributed by atoms with Crippen LogP contribution in [0.15, 0.2) is 44.2 Å². The normalized spacial score (nSPS) is 23.7. The number of nitrogens with zero attached hydrogens (tertiary/aromatic N) is 5. The number of aryl methyl sites for hydroxylation is 1. The molecule has 2 aromatic heterocycles. The summed E-state index contributed by atoms with van der Waals surface area (Å²) in [7, 11) is 0. The molecule has 1 saturated carbocycles. The van der Waals surface area contributed by atoms with Gasteiger partial charge in [0.25, 0.3) is 17.7 Å². The summed E-state index contributed by atoms with van der Waals surface area (Å²) in [6, 6.07) is -0.244. The van der Waals surface area contributed by atoms with E-state index in [0.717, 1.165) is 41.9 Å². The first-order valence-corrected chi connectivity index (χ1v) is 14.2. The molecular formula is C26H27N7O8S. The smallest absolute Gasteiger partial charge is 0.356 e. The molecule has 2 saturated heterocycles. The van der Waals surface area contributed by atoms with E-state index in [-0.39, 0.29) is 40.9 Å². The largest absolute Gasteiger partial charge is 0.489 e. The molecule has 0 unspecified atom stereocenters. The number of hydrogen-bond acceptors (Lipinski definition) is 12. The molecule has 0 bridgehead atoms. The number of β-lactam (4-membered cyclic amide) rings is 1. The number of nitrogen functional groups attached to an aromatic ring is 1. The molecule has 6 rings (SSSR count). The number of anilines is 2. The molecule has 3 amide bonds. The van der Waals surface area contributed by atoms with Crippen LogP contribution in [0.25, 0.3) is 0 Å². The lowest BCUT2D eigenvalue weighted by molar-refractivity contribution is -0.159. The van der Waals surface area contributed by atoms with Crippen LogP contribution >= 0.6 is 11.3 Å². The fourth-order valence-electron chi connectivity index (χ4n) is 5.37. The fourth-order valence-corrected chi connectivity index (χ4v) is 5.91. The Bertz CT molecular complexity index is 1550. The highest BCUT2D eigenvalue weighted by molar-refractivity contribution is 7.13. The molecule has 2 atom stereocenters. The van der Waals surface area contributed by atoms with Crippen LogP contribution in [0.5, 0.6) is 0 Å². The van der Waals surface area contributed by atoms with Crippen LogP contribution < -0.4 is 16.0 Å². The van der Waals surface area contributed by atoms with Crippen LogP contribution in [0.3, 0.4) is 0 Å². The molecule has 4 aliphatic rings. The third-order valence-corrected chi connectivity index (χ3v) is 8.16. The molecule has 42 heavy (non-hydrogen) atoms. The monoisotopic (exact) mass is 597 g/mol. The number of nitrogens with one attached hydrogen (secondary N) is 1. The number of amides is 3. The highest BCUT2D eigenvalue weighted by Gasteiger charge is 2.55. The Morgan fingerprint density at radius 1 is 1.31 bits per heavy atom. The quantitative estimate of drug-likeness (QED) is 0.170. The van der Waals surface area contributed by atoms with Crippen molar-refractivity contribution in [2.24, 2.45) is 5.16 Å². The number of carbonyl (C=O) groups is 4. The molecule has 0 spiro atoms. The van der Waals surface area contributed by atoms with Crippen molar-refractivity contribution in [2.75, 3.05) is 23.8 Å². The van der Waals surface area contributed by atoms with Crippen molar-refractivity contribution >= 4 is 51.7 Å². The van der Waals surface area contributed by atoms with Gasteiger partial charge in [-0.3, -0.25) is 24.2 Å². The van der Waals surface area contributed by atoms with E-state index in [1.165, 1.54) is 11.0 Å². The summed E-state index contributed by atoms with van der Waals surface area (Å²) in [5, 5.41) is 22.3. The van der Waals surface area contributed by atoms with Crippen molar-refractivity contribution in [2.45, 2.75) is 57.2 Å². The average molecular weight is 598 g/mol. The summed E-state index contributed by atoms with van der Waals surface area (Å²) in [5.41, 5.74) is 5.70. The number of aliphatic carboxylic acids is 1. The zero-order valence-corrected chi connectivity index (χ0v) is 23.3. The third kappa shape index (κ3) is 4.97. The number of carboxylic acid groups (broad SMARTS) is 1. The van der Waals surface area contributed by atoms with E-state index >= 15 is 0 Å². The van der Waals surface area contributed by atoms with Gasteiger partial charge in [-0.1, -0.05) is 10.3 Å². The molecule has 15 nitrogen and oxygen atoms in total. The molecular weight excluding hydrogens is 570 g/mol. The summed E-state index contributed by atoms with van der Waals surface area (Å²) in [6.07, 6.45) is 5.18. The number of carboxylic acids is 1. The van der Waals surface area contributed by atoms with Crippen LogP contribution in [-0.2, 0) is 28.8 Å². The van der Waals surface area contributed by atoms with Gasteiger partial charge in [0.15, 0.2) is 28.1 Å². The van der Waals surface area contributed by atoms with Crippen LogP contribution in [0, 0.1) is 6.92 Å². The van der Waals surface area contributed by atoms with Gasteiger partial charge in [0.2, 0.25) is 0 Å². The number of allylic oxidation sites excluding steroid dienone is 1. The maximum absolute atomic E-state index is 13.3. The predicted molar refractivity (Wildman–Crippen MR) is 146 cm³/mol. The lowest BCUT2D eigenvalue weighted by Crippen LogP contribution is -2.73. The van der Waals surface area contributed by atoms with E-state index in [9.17, 15) is 24.3 Å². The van der Waals surface area contributed by atoms with Gasteiger partial charge in [-0.2, -0.15) is 0 Å². The second-order valence-corrected chi connectivity index (χ2v) is 11.1. The van der Waals surface area contributed by atoms with Crippen molar-refractivity contribution in [3.05, 3.63) is 46.0 Å². The first kappa shape index (κ1) is 27.4. The summed E-state index contributed by atoms with van der Waals surface area (Å²) in [5.74, 6) is -2.37. The number of hydrogen-bond donors (Lipinski definition) is 3. The van der Waals surface area contributed by atoms with Gasteiger partial charge >= 0.3 is 5.97 Å².